The van der Waals surface area contributed by atoms with Crippen LogP contribution in [0.25, 0.3) is 0 Å². The molecular weight excluding hydrogens is 198 g/mol. The SMILES string of the molecule is N[C@H](c1cccc(Cl)c1O)C1CCC1. The van der Waals surface area contributed by atoms with Crippen molar-refractivity contribution in [3.63, 3.8) is 0 Å². The van der Waals surface area contributed by atoms with Crippen LogP contribution in [0.15, 0.2) is 18.2 Å². The lowest BCUT2D eigenvalue weighted by molar-refractivity contribution is 0.260. The van der Waals surface area contributed by atoms with E-state index in [-0.39, 0.29) is 11.8 Å². The number of hydrogen-bond donors (Lipinski definition) is 2. The topological polar surface area (TPSA) is 46.2 Å². The molecule has 2 nitrogen and oxygen atoms in total. The van der Waals surface area contributed by atoms with Gasteiger partial charge < -0.3 is 10.8 Å². The van der Waals surface area contributed by atoms with Crippen molar-refractivity contribution in [1.82, 2.24) is 0 Å². The first-order chi connectivity index (χ1) is 6.70. The lowest BCUT2D eigenvalue weighted by atomic mass is 9.77. The van der Waals surface area contributed by atoms with E-state index in [0.717, 1.165) is 18.4 Å². The van der Waals surface area contributed by atoms with Gasteiger partial charge in [0.1, 0.15) is 5.75 Å². The fourth-order valence-corrected chi connectivity index (χ4v) is 2.04. The minimum atomic E-state index is -0.0672. The van der Waals surface area contributed by atoms with Crippen LogP contribution < -0.4 is 5.73 Å². The highest BCUT2D eigenvalue weighted by molar-refractivity contribution is 6.32. The Morgan fingerprint density at radius 3 is 2.71 bits per heavy atom. The number of aromatic hydroxyl groups is 1. The summed E-state index contributed by atoms with van der Waals surface area (Å²) in [6.45, 7) is 0. The molecule has 0 heterocycles. The third kappa shape index (κ3) is 1.60. The number of phenols is 1. The number of rotatable bonds is 2. The molecule has 0 saturated heterocycles. The maximum absolute atomic E-state index is 9.72. The zero-order valence-electron chi connectivity index (χ0n) is 7.91. The molecular formula is C11H14ClNO. The lowest BCUT2D eigenvalue weighted by Gasteiger charge is -2.31. The number of nitrogens with two attached hydrogens (primary N) is 1. The molecule has 1 aromatic rings. The zero-order chi connectivity index (χ0) is 10.1. The molecule has 3 heteroatoms. The maximum Gasteiger partial charge on any atom is 0.138 e. The molecule has 3 N–H and O–H groups in total. The van der Waals surface area contributed by atoms with E-state index in [2.05, 4.69) is 0 Å². The molecule has 1 fully saturated rings. The van der Waals surface area contributed by atoms with Crippen molar-refractivity contribution < 1.29 is 5.11 Å². The summed E-state index contributed by atoms with van der Waals surface area (Å²) in [5.74, 6) is 0.660. The Kier molecular flexibility index (Phi) is 2.66. The molecule has 76 valence electrons. The fraction of sp³-hybridized carbons (Fsp3) is 0.455. The zero-order valence-corrected chi connectivity index (χ0v) is 8.67. The molecule has 1 aliphatic carbocycles. The van der Waals surface area contributed by atoms with Crippen molar-refractivity contribution in [2.75, 3.05) is 0 Å². The Morgan fingerprint density at radius 1 is 1.43 bits per heavy atom. The number of hydrogen-bond acceptors (Lipinski definition) is 2. The quantitative estimate of drug-likeness (QED) is 0.790. The first-order valence-corrected chi connectivity index (χ1v) is 5.31. The van der Waals surface area contributed by atoms with Gasteiger partial charge in [0.2, 0.25) is 0 Å². The second kappa shape index (κ2) is 3.79. The lowest BCUT2D eigenvalue weighted by Crippen LogP contribution is -2.26. The van der Waals surface area contributed by atoms with Crippen LogP contribution in [0.4, 0.5) is 0 Å². The van der Waals surface area contributed by atoms with E-state index in [1.165, 1.54) is 6.42 Å². The van der Waals surface area contributed by atoms with Crippen LogP contribution in [0, 0.1) is 5.92 Å². The van der Waals surface area contributed by atoms with E-state index < -0.39 is 0 Å². The summed E-state index contributed by atoms with van der Waals surface area (Å²) in [6.07, 6.45) is 3.57. The number of para-hydroxylation sites is 1. The van der Waals surface area contributed by atoms with Crippen molar-refractivity contribution in [3.8, 4) is 5.75 Å². The third-order valence-electron chi connectivity index (χ3n) is 3.03. The summed E-state index contributed by atoms with van der Waals surface area (Å²) in [7, 11) is 0. The highest BCUT2D eigenvalue weighted by Gasteiger charge is 2.27. The van der Waals surface area contributed by atoms with E-state index in [0.29, 0.717) is 10.9 Å². The van der Waals surface area contributed by atoms with E-state index in [9.17, 15) is 5.11 Å². The van der Waals surface area contributed by atoms with Gasteiger partial charge in [0, 0.05) is 11.6 Å². The van der Waals surface area contributed by atoms with Gasteiger partial charge in [-0.2, -0.15) is 0 Å². The standard InChI is InChI=1S/C11H14ClNO/c12-9-6-2-5-8(11(9)14)10(13)7-3-1-4-7/h2,5-7,10,14H,1,3-4,13H2/t10-/m0/s1. The number of benzene rings is 1. The van der Waals surface area contributed by atoms with Crippen molar-refractivity contribution in [3.05, 3.63) is 28.8 Å². The Labute approximate surface area is 88.7 Å². The second-order valence-electron chi connectivity index (χ2n) is 3.89. The fourth-order valence-electron chi connectivity index (χ4n) is 1.85. The predicted octanol–water partition coefficient (Wildman–Crippen LogP) is 2.85. The Bertz CT molecular complexity index is 336. The summed E-state index contributed by atoms with van der Waals surface area (Å²) in [5, 5.41) is 10.1. The van der Waals surface area contributed by atoms with Crippen LogP contribution in [0.5, 0.6) is 5.75 Å². The molecule has 0 unspecified atom stereocenters. The first-order valence-electron chi connectivity index (χ1n) is 4.93. The molecule has 0 spiro atoms. The highest BCUT2D eigenvalue weighted by Crippen LogP contribution is 2.40. The number of phenolic OH excluding ortho intramolecular Hbond substituents is 1. The van der Waals surface area contributed by atoms with Crippen molar-refractivity contribution >= 4 is 11.6 Å². The summed E-state index contributed by atoms with van der Waals surface area (Å²) in [5.41, 5.74) is 6.83. The Balaban J connectivity index is 2.26. The van der Waals surface area contributed by atoms with Gasteiger partial charge in [0.05, 0.1) is 5.02 Å². The largest absolute Gasteiger partial charge is 0.506 e. The van der Waals surface area contributed by atoms with Crippen LogP contribution in [0.3, 0.4) is 0 Å². The Morgan fingerprint density at radius 2 is 2.14 bits per heavy atom. The monoisotopic (exact) mass is 211 g/mol. The van der Waals surface area contributed by atoms with Crippen molar-refractivity contribution in [2.45, 2.75) is 25.3 Å². The molecule has 2 rings (SSSR count). The molecule has 14 heavy (non-hydrogen) atoms. The molecule has 1 aliphatic rings. The average molecular weight is 212 g/mol. The first kappa shape index (κ1) is 9.81. The summed E-state index contributed by atoms with van der Waals surface area (Å²) >= 11 is 5.82. The van der Waals surface area contributed by atoms with Crippen LogP contribution in [-0.2, 0) is 0 Å². The van der Waals surface area contributed by atoms with Crippen LogP contribution in [-0.4, -0.2) is 5.11 Å². The van der Waals surface area contributed by atoms with Crippen LogP contribution in [0.1, 0.15) is 30.9 Å². The van der Waals surface area contributed by atoms with Gasteiger partial charge in [-0.15, -0.1) is 0 Å². The maximum atomic E-state index is 9.72. The normalized spacial score (nSPS) is 19.0. The smallest absolute Gasteiger partial charge is 0.138 e. The minimum absolute atomic E-state index is 0.0672. The molecule has 1 atom stereocenters. The van der Waals surface area contributed by atoms with Gasteiger partial charge in [-0.25, -0.2) is 0 Å². The summed E-state index contributed by atoms with van der Waals surface area (Å²) in [6, 6.07) is 5.29. The van der Waals surface area contributed by atoms with Gasteiger partial charge in [-0.1, -0.05) is 30.2 Å². The average Bonchev–Trinajstić information content (AvgIpc) is 2.06. The van der Waals surface area contributed by atoms with Gasteiger partial charge in [-0.05, 0) is 24.8 Å². The third-order valence-corrected chi connectivity index (χ3v) is 3.34. The van der Waals surface area contributed by atoms with Gasteiger partial charge >= 0.3 is 0 Å². The molecule has 0 aliphatic heterocycles. The van der Waals surface area contributed by atoms with Crippen LogP contribution >= 0.6 is 11.6 Å². The summed E-state index contributed by atoms with van der Waals surface area (Å²) in [4.78, 5) is 0. The molecule has 1 saturated carbocycles. The van der Waals surface area contributed by atoms with Crippen molar-refractivity contribution in [1.29, 1.82) is 0 Å². The van der Waals surface area contributed by atoms with Gasteiger partial charge in [-0.3, -0.25) is 0 Å². The molecule has 0 radical (unpaired) electrons. The molecule has 1 aromatic carbocycles. The van der Waals surface area contributed by atoms with Crippen LogP contribution in [0.2, 0.25) is 5.02 Å². The molecule has 0 amide bonds. The molecule has 0 aromatic heterocycles. The van der Waals surface area contributed by atoms with Gasteiger partial charge in [0.25, 0.3) is 0 Å². The van der Waals surface area contributed by atoms with E-state index in [1.807, 2.05) is 12.1 Å². The van der Waals surface area contributed by atoms with Crippen molar-refractivity contribution in [2.24, 2.45) is 11.7 Å². The number of halogens is 1. The van der Waals surface area contributed by atoms with Gasteiger partial charge in [0.15, 0.2) is 0 Å². The Hall–Kier alpha value is -0.730. The second-order valence-corrected chi connectivity index (χ2v) is 4.30. The predicted molar refractivity (Wildman–Crippen MR) is 57.4 cm³/mol. The van der Waals surface area contributed by atoms with E-state index in [4.69, 9.17) is 17.3 Å². The highest BCUT2D eigenvalue weighted by atomic mass is 35.5. The summed E-state index contributed by atoms with van der Waals surface area (Å²) < 4.78 is 0. The minimum Gasteiger partial charge on any atom is -0.506 e. The molecule has 0 bridgehead atoms. The van der Waals surface area contributed by atoms with E-state index >= 15 is 0 Å². The van der Waals surface area contributed by atoms with E-state index in [1.54, 1.807) is 6.07 Å².